The van der Waals surface area contributed by atoms with Crippen molar-refractivity contribution in [3.8, 4) is 5.75 Å². The van der Waals surface area contributed by atoms with Gasteiger partial charge >= 0.3 is 0 Å². The number of aryl methyl sites for hydroxylation is 3. The van der Waals surface area contributed by atoms with Crippen LogP contribution in [0.25, 0.3) is 0 Å². The molecular formula is C28H33N3O2. The van der Waals surface area contributed by atoms with Crippen LogP contribution in [0.5, 0.6) is 5.75 Å². The van der Waals surface area contributed by atoms with Crippen molar-refractivity contribution in [2.24, 2.45) is 5.73 Å². The lowest BCUT2D eigenvalue weighted by atomic mass is 9.92. The number of phenolic OH excluding ortho intramolecular Hbond substituents is 1. The lowest BCUT2D eigenvalue weighted by Crippen LogP contribution is -2.44. The van der Waals surface area contributed by atoms with E-state index in [1.165, 1.54) is 16.7 Å². The highest BCUT2D eigenvalue weighted by atomic mass is 16.3. The van der Waals surface area contributed by atoms with E-state index < -0.39 is 6.04 Å². The zero-order valence-electron chi connectivity index (χ0n) is 19.6. The van der Waals surface area contributed by atoms with E-state index in [2.05, 4.69) is 43.5 Å². The Morgan fingerprint density at radius 2 is 1.82 bits per heavy atom. The summed E-state index contributed by atoms with van der Waals surface area (Å²) in [5.74, 6) is 0.115. The average molecular weight is 444 g/mol. The molecule has 2 atom stereocenters. The highest BCUT2D eigenvalue weighted by Gasteiger charge is 2.26. The predicted molar refractivity (Wildman–Crippen MR) is 134 cm³/mol. The van der Waals surface area contributed by atoms with Crippen LogP contribution in [0.3, 0.4) is 0 Å². The van der Waals surface area contributed by atoms with Gasteiger partial charge in [-0.1, -0.05) is 48.0 Å². The van der Waals surface area contributed by atoms with Gasteiger partial charge in [0.15, 0.2) is 0 Å². The first kappa shape index (κ1) is 22.9. The Hall–Kier alpha value is -3.31. The molecule has 0 aromatic heterocycles. The van der Waals surface area contributed by atoms with Gasteiger partial charge in [0.2, 0.25) is 5.91 Å². The van der Waals surface area contributed by atoms with Crippen molar-refractivity contribution in [3.63, 3.8) is 0 Å². The summed E-state index contributed by atoms with van der Waals surface area (Å²) in [6.07, 6.45) is 1.91. The summed E-state index contributed by atoms with van der Waals surface area (Å²) in [7, 11) is 0. The maximum Gasteiger partial charge on any atom is 0.237 e. The molecule has 1 amide bonds. The largest absolute Gasteiger partial charge is 0.508 e. The number of hydrogen-bond donors (Lipinski definition) is 4. The van der Waals surface area contributed by atoms with Crippen LogP contribution >= 0.6 is 0 Å². The fraction of sp³-hybridized carbons (Fsp3) is 0.321. The van der Waals surface area contributed by atoms with Crippen molar-refractivity contribution in [3.05, 3.63) is 93.5 Å². The van der Waals surface area contributed by atoms with Gasteiger partial charge in [0.05, 0.1) is 12.1 Å². The normalized spacial score (nSPS) is 15.9. The minimum Gasteiger partial charge on any atom is -0.508 e. The Labute approximate surface area is 196 Å². The summed E-state index contributed by atoms with van der Waals surface area (Å²) in [4.78, 5) is 13.1. The molecule has 5 heteroatoms. The van der Waals surface area contributed by atoms with Gasteiger partial charge in [-0.3, -0.25) is 4.79 Å². The number of benzene rings is 3. The first-order valence-corrected chi connectivity index (χ1v) is 11.6. The number of anilines is 1. The highest BCUT2D eigenvalue weighted by Crippen LogP contribution is 2.36. The maximum absolute atomic E-state index is 13.1. The molecule has 0 unspecified atom stereocenters. The number of rotatable bonds is 6. The quantitative estimate of drug-likeness (QED) is 0.453. The van der Waals surface area contributed by atoms with Gasteiger partial charge in [-0.05, 0) is 73.1 Å². The summed E-state index contributed by atoms with van der Waals surface area (Å²) < 4.78 is 0. The van der Waals surface area contributed by atoms with Crippen molar-refractivity contribution in [1.82, 2.24) is 5.32 Å². The predicted octanol–water partition coefficient (Wildman–Crippen LogP) is 4.45. The van der Waals surface area contributed by atoms with E-state index in [1.807, 2.05) is 36.4 Å². The fourth-order valence-electron chi connectivity index (χ4n) is 4.83. The highest BCUT2D eigenvalue weighted by molar-refractivity contribution is 5.83. The van der Waals surface area contributed by atoms with E-state index in [-0.39, 0.29) is 17.7 Å². The maximum atomic E-state index is 13.1. The summed E-state index contributed by atoms with van der Waals surface area (Å²) in [6.45, 7) is 6.95. The zero-order chi connectivity index (χ0) is 23.5. The van der Waals surface area contributed by atoms with Crippen LogP contribution in [0.1, 0.15) is 51.4 Å². The Morgan fingerprint density at radius 3 is 2.52 bits per heavy atom. The molecule has 33 heavy (non-hydrogen) atoms. The second-order valence-corrected chi connectivity index (χ2v) is 9.20. The summed E-state index contributed by atoms with van der Waals surface area (Å²) in [5.41, 5.74) is 14.9. The topological polar surface area (TPSA) is 87.4 Å². The lowest BCUT2D eigenvalue weighted by Gasteiger charge is -2.29. The van der Waals surface area contributed by atoms with Gasteiger partial charge in [0.1, 0.15) is 5.75 Å². The molecule has 0 bridgehead atoms. The van der Waals surface area contributed by atoms with Gasteiger partial charge in [-0.25, -0.2) is 0 Å². The van der Waals surface area contributed by atoms with Crippen molar-refractivity contribution < 1.29 is 9.90 Å². The number of aromatic hydroxyl groups is 1. The summed E-state index contributed by atoms with van der Waals surface area (Å²) in [5, 5.41) is 17.1. The van der Waals surface area contributed by atoms with Crippen LogP contribution in [-0.2, 0) is 17.6 Å². The SMILES string of the molecule is Cc1cc(C)c(C[C@H](N)C(=O)N[C@@H]2CCNc3cc(O)c(Cc4ccccc4)cc32)c(C)c1. The van der Waals surface area contributed by atoms with Crippen LogP contribution in [0.15, 0.2) is 54.6 Å². The third-order valence-corrected chi connectivity index (χ3v) is 6.53. The summed E-state index contributed by atoms with van der Waals surface area (Å²) >= 11 is 0. The lowest BCUT2D eigenvalue weighted by molar-refractivity contribution is -0.123. The number of hydrogen-bond acceptors (Lipinski definition) is 4. The molecule has 5 N–H and O–H groups in total. The monoisotopic (exact) mass is 443 g/mol. The molecule has 4 rings (SSSR count). The molecule has 1 heterocycles. The van der Waals surface area contributed by atoms with Crippen LogP contribution in [0, 0.1) is 20.8 Å². The first-order chi connectivity index (χ1) is 15.8. The van der Waals surface area contributed by atoms with Crippen molar-refractivity contribution in [2.75, 3.05) is 11.9 Å². The summed E-state index contributed by atoms with van der Waals surface area (Å²) in [6, 6.07) is 17.3. The van der Waals surface area contributed by atoms with Crippen molar-refractivity contribution in [1.29, 1.82) is 0 Å². The molecule has 0 spiro atoms. The van der Waals surface area contributed by atoms with Crippen LogP contribution in [0.2, 0.25) is 0 Å². The molecule has 1 aliphatic rings. The van der Waals surface area contributed by atoms with Gasteiger partial charge in [0.25, 0.3) is 0 Å². The molecule has 0 fully saturated rings. The second kappa shape index (κ2) is 9.67. The second-order valence-electron chi connectivity index (χ2n) is 9.20. The molecule has 172 valence electrons. The van der Waals surface area contributed by atoms with Gasteiger partial charge in [-0.15, -0.1) is 0 Å². The Balaban J connectivity index is 1.51. The van der Waals surface area contributed by atoms with Crippen molar-refractivity contribution in [2.45, 2.75) is 52.1 Å². The number of carbonyl (C=O) groups is 1. The van der Waals surface area contributed by atoms with Crippen LogP contribution in [0.4, 0.5) is 5.69 Å². The molecule has 0 radical (unpaired) electrons. The molecule has 0 saturated carbocycles. The van der Waals surface area contributed by atoms with E-state index in [9.17, 15) is 9.90 Å². The smallest absolute Gasteiger partial charge is 0.237 e. The Kier molecular flexibility index (Phi) is 6.70. The van der Waals surface area contributed by atoms with Gasteiger partial charge < -0.3 is 21.5 Å². The van der Waals surface area contributed by atoms with E-state index in [1.54, 1.807) is 6.07 Å². The molecule has 0 saturated heterocycles. The minimum absolute atomic E-state index is 0.143. The molecule has 0 aliphatic carbocycles. The minimum atomic E-state index is -0.621. The van der Waals surface area contributed by atoms with E-state index in [0.29, 0.717) is 12.8 Å². The Morgan fingerprint density at radius 1 is 1.12 bits per heavy atom. The molecule has 3 aromatic carbocycles. The number of phenols is 1. The average Bonchev–Trinajstić information content (AvgIpc) is 2.77. The van der Waals surface area contributed by atoms with Gasteiger partial charge in [-0.2, -0.15) is 0 Å². The standard InChI is InChI=1S/C28H33N3O2/c1-17-11-18(2)22(19(3)12-17)15-24(29)28(33)31-25-9-10-30-26-16-27(32)21(14-23(25)26)13-20-7-5-4-6-8-20/h4-8,11-12,14,16,24-25,30,32H,9-10,13,15,29H2,1-3H3,(H,31,33)/t24-,25+/m0/s1. The van der Waals surface area contributed by atoms with Crippen molar-refractivity contribution >= 4 is 11.6 Å². The Bertz CT molecular complexity index is 1130. The third kappa shape index (κ3) is 5.20. The number of fused-ring (bicyclic) bond motifs is 1. The molecule has 3 aromatic rings. The number of nitrogens with one attached hydrogen (secondary N) is 2. The molecule has 1 aliphatic heterocycles. The van der Waals surface area contributed by atoms with Crippen LogP contribution in [-0.4, -0.2) is 23.6 Å². The van der Waals surface area contributed by atoms with E-state index >= 15 is 0 Å². The number of nitrogens with two attached hydrogens (primary N) is 1. The number of carbonyl (C=O) groups excluding carboxylic acids is 1. The molecule has 5 nitrogen and oxygen atoms in total. The van der Waals surface area contributed by atoms with Crippen LogP contribution < -0.4 is 16.4 Å². The fourth-order valence-corrected chi connectivity index (χ4v) is 4.83. The van der Waals surface area contributed by atoms with Gasteiger partial charge in [0, 0.05) is 24.7 Å². The zero-order valence-corrected chi connectivity index (χ0v) is 19.6. The third-order valence-electron chi connectivity index (χ3n) is 6.53. The first-order valence-electron chi connectivity index (χ1n) is 11.6. The van der Waals surface area contributed by atoms with E-state index in [0.717, 1.165) is 40.9 Å². The van der Waals surface area contributed by atoms with E-state index in [4.69, 9.17) is 5.73 Å². The molecular weight excluding hydrogens is 410 g/mol. The number of amides is 1.